The minimum Gasteiger partial charge on any atom is -0.325 e. The maximum atomic E-state index is 13.9. The molecule has 0 saturated carbocycles. The van der Waals surface area contributed by atoms with Gasteiger partial charge in [-0.3, -0.25) is 0 Å². The van der Waals surface area contributed by atoms with Gasteiger partial charge < -0.3 is 5.73 Å². The average molecular weight is 302 g/mol. The fourth-order valence-electron chi connectivity index (χ4n) is 2.08. The van der Waals surface area contributed by atoms with E-state index in [1.54, 1.807) is 0 Å². The Hall–Kier alpha value is -2.11. The Morgan fingerprint density at radius 2 is 1.81 bits per heavy atom. The summed E-state index contributed by atoms with van der Waals surface area (Å²) in [7, 11) is 0. The molecule has 0 unspecified atom stereocenters. The van der Waals surface area contributed by atoms with Crippen molar-refractivity contribution in [2.75, 3.05) is 0 Å². The van der Waals surface area contributed by atoms with Gasteiger partial charge in [-0.15, -0.1) is 11.3 Å². The van der Waals surface area contributed by atoms with Gasteiger partial charge in [-0.1, -0.05) is 30.3 Å². The van der Waals surface area contributed by atoms with E-state index in [2.05, 4.69) is 4.98 Å². The zero-order chi connectivity index (χ0) is 14.8. The highest BCUT2D eigenvalue weighted by Crippen LogP contribution is 2.36. The van der Waals surface area contributed by atoms with Gasteiger partial charge in [-0.2, -0.15) is 0 Å². The molecule has 1 aromatic heterocycles. The SMILES string of the molecule is NCc1nc(-c2cc(F)ccc2F)sc1-c1ccccc1. The molecule has 2 aromatic carbocycles. The maximum absolute atomic E-state index is 13.9. The number of nitrogens with zero attached hydrogens (tertiary/aromatic N) is 1. The lowest BCUT2D eigenvalue weighted by atomic mass is 10.1. The standard InChI is InChI=1S/C16H12F2N2S/c17-11-6-7-13(18)12(8-11)16-20-14(9-19)15(21-16)10-4-2-1-3-5-10/h1-8H,9,19H2. The molecule has 0 amide bonds. The Balaban J connectivity index is 2.14. The van der Waals surface area contributed by atoms with E-state index in [9.17, 15) is 8.78 Å². The molecule has 106 valence electrons. The highest BCUT2D eigenvalue weighted by Gasteiger charge is 2.16. The first-order valence-corrected chi connectivity index (χ1v) is 7.21. The monoisotopic (exact) mass is 302 g/mol. The maximum Gasteiger partial charge on any atom is 0.133 e. The van der Waals surface area contributed by atoms with Crippen molar-refractivity contribution in [3.8, 4) is 21.0 Å². The fraction of sp³-hybridized carbons (Fsp3) is 0.0625. The number of rotatable bonds is 3. The van der Waals surface area contributed by atoms with Gasteiger partial charge in [0.15, 0.2) is 0 Å². The van der Waals surface area contributed by atoms with Crippen LogP contribution in [-0.2, 0) is 6.54 Å². The number of nitrogens with two attached hydrogens (primary N) is 1. The van der Waals surface area contributed by atoms with Crippen LogP contribution in [0.2, 0.25) is 0 Å². The fourth-order valence-corrected chi connectivity index (χ4v) is 3.20. The molecule has 0 aliphatic carbocycles. The van der Waals surface area contributed by atoms with E-state index in [1.165, 1.54) is 11.3 Å². The average Bonchev–Trinajstić information content (AvgIpc) is 2.94. The lowest BCUT2D eigenvalue weighted by Crippen LogP contribution is -1.98. The van der Waals surface area contributed by atoms with E-state index in [1.807, 2.05) is 30.3 Å². The van der Waals surface area contributed by atoms with Crippen LogP contribution in [0.4, 0.5) is 8.78 Å². The van der Waals surface area contributed by atoms with Gasteiger partial charge in [0.25, 0.3) is 0 Å². The van der Waals surface area contributed by atoms with Crippen LogP contribution in [0, 0.1) is 11.6 Å². The van der Waals surface area contributed by atoms with E-state index in [4.69, 9.17) is 5.73 Å². The number of hydrogen-bond donors (Lipinski definition) is 1. The van der Waals surface area contributed by atoms with E-state index < -0.39 is 11.6 Å². The summed E-state index contributed by atoms with van der Waals surface area (Å²) in [5.41, 5.74) is 7.54. The summed E-state index contributed by atoms with van der Waals surface area (Å²) >= 11 is 1.32. The molecule has 0 bridgehead atoms. The normalized spacial score (nSPS) is 10.8. The van der Waals surface area contributed by atoms with Crippen LogP contribution < -0.4 is 5.73 Å². The third kappa shape index (κ3) is 2.70. The van der Waals surface area contributed by atoms with Gasteiger partial charge in [0.05, 0.1) is 10.6 Å². The highest BCUT2D eigenvalue weighted by molar-refractivity contribution is 7.18. The van der Waals surface area contributed by atoms with Crippen LogP contribution in [0.5, 0.6) is 0 Å². The quantitative estimate of drug-likeness (QED) is 0.787. The van der Waals surface area contributed by atoms with Crippen LogP contribution in [0.3, 0.4) is 0 Å². The van der Waals surface area contributed by atoms with Crippen LogP contribution in [-0.4, -0.2) is 4.98 Å². The molecule has 0 atom stereocenters. The lowest BCUT2D eigenvalue weighted by molar-refractivity contribution is 0.603. The van der Waals surface area contributed by atoms with Crippen LogP contribution in [0.25, 0.3) is 21.0 Å². The number of thiazole rings is 1. The van der Waals surface area contributed by atoms with Crippen molar-refractivity contribution in [2.45, 2.75) is 6.54 Å². The van der Waals surface area contributed by atoms with Gasteiger partial charge >= 0.3 is 0 Å². The minimum atomic E-state index is -0.492. The minimum absolute atomic E-state index is 0.164. The molecule has 5 heteroatoms. The molecule has 21 heavy (non-hydrogen) atoms. The van der Waals surface area contributed by atoms with Crippen molar-refractivity contribution in [1.82, 2.24) is 4.98 Å². The molecule has 2 N–H and O–H groups in total. The molecular weight excluding hydrogens is 290 g/mol. The van der Waals surface area contributed by atoms with Crippen molar-refractivity contribution in [3.63, 3.8) is 0 Å². The molecule has 1 heterocycles. The van der Waals surface area contributed by atoms with Gasteiger partial charge in [0, 0.05) is 12.1 Å². The van der Waals surface area contributed by atoms with Gasteiger partial charge in [0.2, 0.25) is 0 Å². The van der Waals surface area contributed by atoms with Crippen LogP contribution in [0.15, 0.2) is 48.5 Å². The number of halogens is 2. The summed E-state index contributed by atoms with van der Waals surface area (Å²) < 4.78 is 27.2. The number of aromatic nitrogens is 1. The van der Waals surface area contributed by atoms with E-state index in [0.29, 0.717) is 10.7 Å². The third-order valence-electron chi connectivity index (χ3n) is 3.09. The Labute approximate surface area is 124 Å². The zero-order valence-corrected chi connectivity index (χ0v) is 11.8. The molecule has 0 saturated heterocycles. The first-order valence-electron chi connectivity index (χ1n) is 6.39. The van der Waals surface area contributed by atoms with Gasteiger partial charge in [-0.05, 0) is 23.8 Å². The molecule has 0 fully saturated rings. The Bertz CT molecular complexity index is 769. The first-order chi connectivity index (χ1) is 10.2. The zero-order valence-electron chi connectivity index (χ0n) is 11.0. The van der Waals surface area contributed by atoms with Crippen molar-refractivity contribution < 1.29 is 8.78 Å². The van der Waals surface area contributed by atoms with E-state index >= 15 is 0 Å². The summed E-state index contributed by atoms with van der Waals surface area (Å²) in [5.74, 6) is -0.981. The molecule has 0 aliphatic rings. The Morgan fingerprint density at radius 3 is 2.52 bits per heavy atom. The molecule has 2 nitrogen and oxygen atoms in total. The molecule has 3 rings (SSSR count). The van der Waals surface area contributed by atoms with Crippen LogP contribution >= 0.6 is 11.3 Å². The Morgan fingerprint density at radius 1 is 1.05 bits per heavy atom. The van der Waals surface area contributed by atoms with Crippen molar-refractivity contribution in [1.29, 1.82) is 0 Å². The lowest BCUT2D eigenvalue weighted by Gasteiger charge is -1.99. The smallest absolute Gasteiger partial charge is 0.133 e. The molecule has 3 aromatic rings. The summed E-state index contributed by atoms with van der Waals surface area (Å²) in [5, 5.41) is 0.436. The summed E-state index contributed by atoms with van der Waals surface area (Å²) in [6.45, 7) is 0.248. The summed E-state index contributed by atoms with van der Waals surface area (Å²) in [4.78, 5) is 5.25. The second-order valence-electron chi connectivity index (χ2n) is 4.49. The van der Waals surface area contributed by atoms with Crippen molar-refractivity contribution in [3.05, 3.63) is 65.9 Å². The van der Waals surface area contributed by atoms with E-state index in [-0.39, 0.29) is 12.1 Å². The number of hydrogen-bond acceptors (Lipinski definition) is 3. The van der Waals surface area contributed by atoms with Gasteiger partial charge in [0.1, 0.15) is 16.6 Å². The highest BCUT2D eigenvalue weighted by atomic mass is 32.1. The topological polar surface area (TPSA) is 38.9 Å². The predicted octanol–water partition coefficient (Wildman–Crippen LogP) is 4.21. The summed E-state index contributed by atoms with van der Waals surface area (Å²) in [6, 6.07) is 13.0. The van der Waals surface area contributed by atoms with E-state index in [0.717, 1.165) is 28.6 Å². The second kappa shape index (κ2) is 5.71. The third-order valence-corrected chi connectivity index (χ3v) is 4.27. The second-order valence-corrected chi connectivity index (χ2v) is 5.49. The molecule has 0 radical (unpaired) electrons. The Kier molecular flexibility index (Phi) is 3.77. The van der Waals surface area contributed by atoms with Crippen molar-refractivity contribution >= 4 is 11.3 Å². The van der Waals surface area contributed by atoms with Crippen molar-refractivity contribution in [2.24, 2.45) is 5.73 Å². The van der Waals surface area contributed by atoms with Crippen LogP contribution in [0.1, 0.15) is 5.69 Å². The number of benzene rings is 2. The summed E-state index contributed by atoms with van der Waals surface area (Å²) in [6.07, 6.45) is 0. The molecular formula is C16H12F2N2S. The predicted molar refractivity (Wildman–Crippen MR) is 80.8 cm³/mol. The largest absolute Gasteiger partial charge is 0.325 e. The first kappa shape index (κ1) is 13.9. The molecule has 0 spiro atoms. The van der Waals surface area contributed by atoms with Gasteiger partial charge in [-0.25, -0.2) is 13.8 Å². The molecule has 0 aliphatic heterocycles.